The summed E-state index contributed by atoms with van der Waals surface area (Å²) in [6.45, 7) is 0.872. The molecule has 2 heterocycles. The molecule has 0 N–H and O–H groups in total. The Morgan fingerprint density at radius 3 is 2.79 bits per heavy atom. The van der Waals surface area contributed by atoms with Gasteiger partial charge in [-0.2, -0.15) is 0 Å². The lowest BCUT2D eigenvalue weighted by Crippen LogP contribution is -2.24. The Bertz CT molecular complexity index is 345. The van der Waals surface area contributed by atoms with Crippen molar-refractivity contribution < 1.29 is 4.74 Å². The number of thioether (sulfide) groups is 2. The maximum Gasteiger partial charge on any atom is 0.124 e. The van der Waals surface area contributed by atoms with Gasteiger partial charge in [-0.3, -0.25) is 0 Å². The van der Waals surface area contributed by atoms with Gasteiger partial charge in [0.1, 0.15) is 5.75 Å². The van der Waals surface area contributed by atoms with Crippen molar-refractivity contribution in [2.75, 3.05) is 18.1 Å². The Balaban J connectivity index is 2.10. The van der Waals surface area contributed by atoms with E-state index in [1.54, 1.807) is 0 Å². The van der Waals surface area contributed by atoms with Crippen LogP contribution >= 0.6 is 23.5 Å². The second-order valence-electron chi connectivity index (χ2n) is 3.54. The summed E-state index contributed by atoms with van der Waals surface area (Å²) in [5, 5.41) is 0. The van der Waals surface area contributed by atoms with Crippen LogP contribution in [0.1, 0.15) is 12.0 Å². The van der Waals surface area contributed by atoms with Crippen LogP contribution in [-0.4, -0.2) is 18.1 Å². The quantitative estimate of drug-likeness (QED) is 0.670. The maximum atomic E-state index is 5.68. The van der Waals surface area contributed by atoms with Crippen LogP contribution in [0.3, 0.4) is 0 Å². The monoisotopic (exact) mass is 224 g/mol. The molecule has 0 radical (unpaired) electrons. The highest BCUT2D eigenvalue weighted by atomic mass is 32.2. The van der Waals surface area contributed by atoms with E-state index in [1.165, 1.54) is 17.1 Å². The third-order valence-electron chi connectivity index (χ3n) is 2.74. The second-order valence-corrected chi connectivity index (χ2v) is 6.59. The van der Waals surface area contributed by atoms with Gasteiger partial charge in [0.05, 0.1) is 10.7 Å². The molecule has 0 saturated carbocycles. The zero-order chi connectivity index (χ0) is 9.43. The summed E-state index contributed by atoms with van der Waals surface area (Å²) in [6.07, 6.45) is 1.15. The predicted octanol–water partition coefficient (Wildman–Crippen LogP) is 3.10. The number of hydrogen-bond donors (Lipinski definition) is 0. The Kier molecular flexibility index (Phi) is 2.17. The van der Waals surface area contributed by atoms with Gasteiger partial charge in [-0.25, -0.2) is 0 Å². The van der Waals surface area contributed by atoms with Crippen molar-refractivity contribution in [3.8, 4) is 5.75 Å². The van der Waals surface area contributed by atoms with Crippen molar-refractivity contribution in [2.45, 2.75) is 10.5 Å². The molecule has 1 saturated heterocycles. The molecular formula is C11H12OS2. The summed E-state index contributed by atoms with van der Waals surface area (Å²) in [4.78, 5) is 0. The number of fused-ring (bicyclic) bond motifs is 2. The van der Waals surface area contributed by atoms with Gasteiger partial charge in [0.2, 0.25) is 0 Å². The molecule has 0 aromatic heterocycles. The fourth-order valence-corrected chi connectivity index (χ4v) is 5.35. The molecule has 3 rings (SSSR count). The molecule has 0 bridgehead atoms. The molecule has 0 unspecified atom stereocenters. The lowest BCUT2D eigenvalue weighted by Gasteiger charge is -2.33. The lowest BCUT2D eigenvalue weighted by atomic mass is 10.1. The van der Waals surface area contributed by atoms with E-state index in [0.29, 0.717) is 4.08 Å². The van der Waals surface area contributed by atoms with E-state index in [4.69, 9.17) is 4.74 Å². The normalized spacial score (nSPS) is 23.1. The van der Waals surface area contributed by atoms with Gasteiger partial charge in [-0.15, -0.1) is 23.5 Å². The van der Waals surface area contributed by atoms with Gasteiger partial charge >= 0.3 is 0 Å². The Morgan fingerprint density at radius 2 is 1.93 bits per heavy atom. The fraction of sp³-hybridized carbons (Fsp3) is 0.455. The van der Waals surface area contributed by atoms with E-state index in [1.807, 2.05) is 0 Å². The first kappa shape index (κ1) is 8.98. The summed E-state index contributed by atoms with van der Waals surface area (Å²) < 4.78 is 6.00. The first-order chi connectivity index (χ1) is 6.91. The molecule has 1 aromatic rings. The lowest BCUT2D eigenvalue weighted by molar-refractivity contribution is 0.280. The second kappa shape index (κ2) is 3.38. The molecule has 74 valence electrons. The molecular weight excluding hydrogens is 212 g/mol. The topological polar surface area (TPSA) is 9.23 Å². The number of benzene rings is 1. The SMILES string of the molecule is c1ccc2c(c1)OCCC21SCCS1. The fourth-order valence-electron chi connectivity index (χ4n) is 2.09. The number of hydrogen-bond acceptors (Lipinski definition) is 3. The molecule has 1 aromatic carbocycles. The van der Waals surface area contributed by atoms with Gasteiger partial charge in [-0.05, 0) is 6.07 Å². The van der Waals surface area contributed by atoms with Crippen molar-refractivity contribution in [3.63, 3.8) is 0 Å². The van der Waals surface area contributed by atoms with E-state index in [9.17, 15) is 0 Å². The van der Waals surface area contributed by atoms with Gasteiger partial charge in [-0.1, -0.05) is 18.2 Å². The zero-order valence-electron chi connectivity index (χ0n) is 7.86. The van der Waals surface area contributed by atoms with E-state index >= 15 is 0 Å². The third-order valence-corrected chi connectivity index (χ3v) is 6.30. The van der Waals surface area contributed by atoms with Gasteiger partial charge in [0, 0.05) is 23.5 Å². The maximum absolute atomic E-state index is 5.68. The standard InChI is InChI=1S/C11H12OS2/c1-2-4-10-9(3-1)11(5-6-12-10)13-7-8-14-11/h1-4H,5-8H2. The van der Waals surface area contributed by atoms with E-state index in [0.717, 1.165) is 18.8 Å². The predicted molar refractivity (Wildman–Crippen MR) is 63.1 cm³/mol. The molecule has 2 aliphatic heterocycles. The minimum absolute atomic E-state index is 0.314. The summed E-state index contributed by atoms with van der Waals surface area (Å²) in [5.74, 6) is 3.65. The van der Waals surface area contributed by atoms with Crippen molar-refractivity contribution in [3.05, 3.63) is 29.8 Å². The summed E-state index contributed by atoms with van der Waals surface area (Å²) >= 11 is 4.18. The highest BCUT2D eigenvalue weighted by Gasteiger charge is 2.41. The summed E-state index contributed by atoms with van der Waals surface area (Å²) in [7, 11) is 0. The van der Waals surface area contributed by atoms with Gasteiger partial charge in [0.25, 0.3) is 0 Å². The van der Waals surface area contributed by atoms with Crippen molar-refractivity contribution in [2.24, 2.45) is 0 Å². The Labute approximate surface area is 92.6 Å². The molecule has 1 spiro atoms. The van der Waals surface area contributed by atoms with E-state index < -0.39 is 0 Å². The molecule has 0 aliphatic carbocycles. The average Bonchev–Trinajstić information content (AvgIpc) is 2.68. The van der Waals surface area contributed by atoms with Crippen molar-refractivity contribution in [1.29, 1.82) is 0 Å². The average molecular weight is 224 g/mol. The van der Waals surface area contributed by atoms with Crippen molar-refractivity contribution >= 4 is 23.5 Å². The minimum atomic E-state index is 0.314. The van der Waals surface area contributed by atoms with Gasteiger partial charge in [0.15, 0.2) is 0 Å². The molecule has 1 nitrogen and oxygen atoms in total. The Morgan fingerprint density at radius 1 is 1.14 bits per heavy atom. The first-order valence-electron chi connectivity index (χ1n) is 4.91. The van der Waals surface area contributed by atoms with Crippen LogP contribution in [-0.2, 0) is 4.08 Å². The van der Waals surface area contributed by atoms with Gasteiger partial charge < -0.3 is 4.74 Å². The highest BCUT2D eigenvalue weighted by Crippen LogP contribution is 2.57. The highest BCUT2D eigenvalue weighted by molar-refractivity contribution is 8.20. The summed E-state index contributed by atoms with van der Waals surface area (Å²) in [6, 6.07) is 8.49. The van der Waals surface area contributed by atoms with Crippen LogP contribution in [0.25, 0.3) is 0 Å². The van der Waals surface area contributed by atoms with Crippen LogP contribution in [0.5, 0.6) is 5.75 Å². The molecule has 1 fully saturated rings. The van der Waals surface area contributed by atoms with Crippen LogP contribution in [0.15, 0.2) is 24.3 Å². The molecule has 2 aliphatic rings. The Hall–Kier alpha value is -0.280. The number of para-hydroxylation sites is 1. The van der Waals surface area contributed by atoms with Crippen LogP contribution in [0.2, 0.25) is 0 Å². The van der Waals surface area contributed by atoms with Crippen molar-refractivity contribution in [1.82, 2.24) is 0 Å². The van der Waals surface area contributed by atoms with Crippen LogP contribution in [0, 0.1) is 0 Å². The molecule has 3 heteroatoms. The largest absolute Gasteiger partial charge is 0.493 e. The zero-order valence-corrected chi connectivity index (χ0v) is 9.50. The third kappa shape index (κ3) is 1.26. The molecule has 14 heavy (non-hydrogen) atoms. The van der Waals surface area contributed by atoms with E-state index in [2.05, 4.69) is 47.8 Å². The summed E-state index contributed by atoms with van der Waals surface area (Å²) in [5.41, 5.74) is 1.40. The smallest absolute Gasteiger partial charge is 0.124 e. The van der Waals surface area contributed by atoms with Crippen LogP contribution in [0.4, 0.5) is 0 Å². The minimum Gasteiger partial charge on any atom is -0.493 e. The number of rotatable bonds is 0. The number of ether oxygens (including phenoxy) is 1. The van der Waals surface area contributed by atoms with E-state index in [-0.39, 0.29) is 0 Å². The molecule has 0 atom stereocenters. The molecule has 0 amide bonds. The first-order valence-corrected chi connectivity index (χ1v) is 6.88. The van der Waals surface area contributed by atoms with Crippen LogP contribution < -0.4 is 4.74 Å².